The summed E-state index contributed by atoms with van der Waals surface area (Å²) in [7, 11) is -5.85. The number of nitrogens with two attached hydrogens (primary N) is 1. The second-order valence-corrected chi connectivity index (χ2v) is 33.6. The van der Waals surface area contributed by atoms with E-state index in [1.165, 1.54) is 0 Å². The molecule has 3 aromatic rings. The van der Waals surface area contributed by atoms with Crippen molar-refractivity contribution in [2.24, 2.45) is 0 Å². The van der Waals surface area contributed by atoms with E-state index in [0.29, 0.717) is 42.5 Å². The van der Waals surface area contributed by atoms with Crippen LogP contribution in [0.25, 0.3) is 21.9 Å². The lowest BCUT2D eigenvalue weighted by molar-refractivity contribution is -0.0544. The standard InChI is InChI=1S/C31H55N5O4SSi3/c1-29(2,3)43(10,11)31(37)19-23(40-22(31)20-39-44(12,13)30(4,5)6)36-25(21-15-14-17-41-21)33-24-26(36)34-28(32)35-27(24)38-16-18-42(7,8)9/h14-15,17,22-23,37H,16,18-20H2,1-13H3,(H2,32,34,35)/t22-,23-,31-/m1/s1. The highest BCUT2D eigenvalue weighted by atomic mass is 32.1. The minimum absolute atomic E-state index is 0.0350. The normalized spacial score (nSPS) is 22.2. The first-order valence-corrected chi connectivity index (χ1v) is 26.2. The second-order valence-electron chi connectivity index (χ2n) is 16.7. The van der Waals surface area contributed by atoms with E-state index in [1.807, 2.05) is 22.1 Å². The predicted octanol–water partition coefficient (Wildman–Crippen LogP) is 7.94. The molecule has 3 atom stereocenters. The Morgan fingerprint density at radius 3 is 2.25 bits per heavy atom. The Balaban J connectivity index is 1.84. The minimum atomic E-state index is -2.41. The first kappa shape index (κ1) is 35.2. The first-order chi connectivity index (χ1) is 20.0. The van der Waals surface area contributed by atoms with Gasteiger partial charge in [-0.1, -0.05) is 80.3 Å². The number of imidazole rings is 1. The van der Waals surface area contributed by atoms with E-state index in [1.54, 1.807) is 11.3 Å². The van der Waals surface area contributed by atoms with Crippen molar-refractivity contribution < 1.29 is 19.0 Å². The molecule has 1 aliphatic rings. The number of rotatable bonds is 10. The summed E-state index contributed by atoms with van der Waals surface area (Å²) < 4.78 is 21.9. The van der Waals surface area contributed by atoms with E-state index in [-0.39, 0.29) is 16.0 Å². The van der Waals surface area contributed by atoms with Crippen LogP contribution in [0.15, 0.2) is 17.5 Å². The molecule has 9 nitrogen and oxygen atoms in total. The van der Waals surface area contributed by atoms with Gasteiger partial charge >= 0.3 is 0 Å². The van der Waals surface area contributed by atoms with Crippen LogP contribution < -0.4 is 10.5 Å². The largest absolute Gasteiger partial charge is 0.476 e. The first-order valence-electron chi connectivity index (χ1n) is 15.7. The molecule has 0 radical (unpaired) electrons. The van der Waals surface area contributed by atoms with Gasteiger partial charge < -0.3 is 24.7 Å². The minimum Gasteiger partial charge on any atom is -0.476 e. The zero-order valence-electron chi connectivity index (χ0n) is 29.2. The maximum Gasteiger partial charge on any atom is 0.247 e. The molecule has 3 N–H and O–H groups in total. The fourth-order valence-corrected chi connectivity index (χ4v) is 10.6. The average Bonchev–Trinajstić information content (AvgIpc) is 3.58. The summed E-state index contributed by atoms with van der Waals surface area (Å²) in [5.74, 6) is 1.21. The highest BCUT2D eigenvalue weighted by Crippen LogP contribution is 2.53. The van der Waals surface area contributed by atoms with E-state index < -0.39 is 42.0 Å². The van der Waals surface area contributed by atoms with Gasteiger partial charge in [-0.2, -0.15) is 9.97 Å². The molecular weight excluding hydrogens is 623 g/mol. The van der Waals surface area contributed by atoms with Gasteiger partial charge in [0, 0.05) is 14.5 Å². The summed E-state index contributed by atoms with van der Waals surface area (Å²) in [5, 5.41) is 13.7. The summed E-state index contributed by atoms with van der Waals surface area (Å²) in [4.78, 5) is 15.2. The van der Waals surface area contributed by atoms with Gasteiger partial charge in [0.1, 0.15) is 12.3 Å². The van der Waals surface area contributed by atoms with E-state index in [2.05, 4.69) is 92.4 Å². The molecule has 0 unspecified atom stereocenters. The zero-order valence-corrected chi connectivity index (χ0v) is 33.0. The van der Waals surface area contributed by atoms with Crippen molar-refractivity contribution in [1.82, 2.24) is 19.5 Å². The Bertz CT molecular complexity index is 1460. The molecule has 246 valence electrons. The maximum atomic E-state index is 12.8. The van der Waals surface area contributed by atoms with Crippen molar-refractivity contribution in [2.45, 2.75) is 127 Å². The van der Waals surface area contributed by atoms with Gasteiger partial charge in [0.15, 0.2) is 25.3 Å². The molecule has 0 saturated carbocycles. The lowest BCUT2D eigenvalue weighted by Crippen LogP contribution is -2.65. The van der Waals surface area contributed by atoms with E-state index in [9.17, 15) is 5.11 Å². The number of aliphatic hydroxyl groups is 1. The highest BCUT2D eigenvalue weighted by molar-refractivity contribution is 7.13. The summed E-state index contributed by atoms with van der Waals surface area (Å²) in [6.45, 7) is 30.3. The number of fused-ring (bicyclic) bond motifs is 1. The van der Waals surface area contributed by atoms with Crippen molar-refractivity contribution in [2.75, 3.05) is 18.9 Å². The van der Waals surface area contributed by atoms with Crippen molar-refractivity contribution in [3.8, 4) is 16.6 Å². The van der Waals surface area contributed by atoms with Gasteiger partial charge in [0.05, 0.1) is 31.4 Å². The number of aromatic nitrogens is 4. The van der Waals surface area contributed by atoms with Crippen LogP contribution >= 0.6 is 11.3 Å². The van der Waals surface area contributed by atoms with E-state index in [4.69, 9.17) is 29.6 Å². The molecule has 3 aromatic heterocycles. The molecule has 1 fully saturated rings. The fourth-order valence-electron chi connectivity index (χ4n) is 5.26. The Morgan fingerprint density at radius 1 is 1.05 bits per heavy atom. The SMILES string of the molecule is CC(C)(C)[Si](C)(C)OC[C@H]1O[C@@H](n2c(-c3cccs3)nc3c(OCC[Si](C)(C)C)nc(N)nc32)C[C@@]1(O)[Si](C)(C)C(C)(C)C. The number of nitrogens with zero attached hydrogens (tertiary/aromatic N) is 4. The van der Waals surface area contributed by atoms with Crippen LogP contribution in [-0.4, -0.2) is 73.6 Å². The second kappa shape index (κ2) is 11.9. The number of anilines is 1. The monoisotopic (exact) mass is 677 g/mol. The van der Waals surface area contributed by atoms with Crippen molar-refractivity contribution >= 4 is 52.9 Å². The Labute approximate surface area is 271 Å². The third kappa shape index (κ3) is 6.74. The van der Waals surface area contributed by atoms with Crippen molar-refractivity contribution in [3.05, 3.63) is 17.5 Å². The van der Waals surface area contributed by atoms with Crippen LogP contribution in [0, 0.1) is 0 Å². The number of thiophene rings is 1. The van der Waals surface area contributed by atoms with Crippen LogP contribution in [0.2, 0.25) is 61.9 Å². The molecular formula is C31H55N5O4SSi3. The molecule has 1 saturated heterocycles. The summed E-state index contributed by atoms with van der Waals surface area (Å²) in [5.41, 5.74) is 7.40. The van der Waals surface area contributed by atoms with E-state index in [0.717, 1.165) is 10.9 Å². The van der Waals surface area contributed by atoms with Gasteiger partial charge in [-0.05, 0) is 40.7 Å². The third-order valence-corrected chi connectivity index (χ3v) is 23.9. The highest BCUT2D eigenvalue weighted by Gasteiger charge is 2.62. The van der Waals surface area contributed by atoms with Crippen LogP contribution in [0.5, 0.6) is 5.88 Å². The molecule has 1 aliphatic heterocycles. The molecule has 4 heterocycles. The molecule has 0 aliphatic carbocycles. The van der Waals surface area contributed by atoms with Crippen LogP contribution in [0.3, 0.4) is 0 Å². The van der Waals surface area contributed by atoms with Crippen molar-refractivity contribution in [3.63, 3.8) is 0 Å². The topological polar surface area (TPSA) is 118 Å². The van der Waals surface area contributed by atoms with Gasteiger partial charge in [-0.3, -0.25) is 4.57 Å². The van der Waals surface area contributed by atoms with Crippen molar-refractivity contribution in [1.29, 1.82) is 0 Å². The van der Waals surface area contributed by atoms with Gasteiger partial charge in [-0.25, -0.2) is 4.98 Å². The summed E-state index contributed by atoms with van der Waals surface area (Å²) >= 11 is 1.60. The fraction of sp³-hybridized carbons (Fsp3) is 0.710. The Kier molecular flexibility index (Phi) is 9.51. The number of hydrogen-bond donors (Lipinski definition) is 2. The molecule has 0 bridgehead atoms. The zero-order chi connectivity index (χ0) is 33.1. The number of nitrogen functional groups attached to an aromatic ring is 1. The maximum absolute atomic E-state index is 12.8. The van der Waals surface area contributed by atoms with Gasteiger partial charge in [0.2, 0.25) is 11.8 Å². The van der Waals surface area contributed by atoms with E-state index >= 15 is 0 Å². The van der Waals surface area contributed by atoms with Gasteiger partial charge in [0.25, 0.3) is 0 Å². The smallest absolute Gasteiger partial charge is 0.247 e. The predicted molar refractivity (Wildman–Crippen MR) is 191 cm³/mol. The summed E-state index contributed by atoms with van der Waals surface area (Å²) in [6, 6.07) is 5.03. The van der Waals surface area contributed by atoms with Crippen LogP contribution in [0.4, 0.5) is 5.95 Å². The molecule has 0 amide bonds. The summed E-state index contributed by atoms with van der Waals surface area (Å²) in [6.07, 6.45) is -0.648. The van der Waals surface area contributed by atoms with Crippen LogP contribution in [-0.2, 0) is 9.16 Å². The molecule has 4 rings (SSSR count). The molecule has 0 spiro atoms. The molecule has 13 heteroatoms. The quantitative estimate of drug-likeness (QED) is 0.208. The number of ether oxygens (including phenoxy) is 2. The lowest BCUT2D eigenvalue weighted by Gasteiger charge is -2.49. The Morgan fingerprint density at radius 2 is 1.70 bits per heavy atom. The Hall–Kier alpha value is -1.62. The third-order valence-electron chi connectivity index (χ3n) is 10.3. The lowest BCUT2D eigenvalue weighted by atomic mass is 10.1. The van der Waals surface area contributed by atoms with Gasteiger partial charge in [-0.15, -0.1) is 11.3 Å². The average molecular weight is 678 g/mol. The molecule has 44 heavy (non-hydrogen) atoms. The number of hydrogen-bond acceptors (Lipinski definition) is 9. The van der Waals surface area contributed by atoms with Crippen LogP contribution in [0.1, 0.15) is 54.2 Å². The molecule has 0 aromatic carbocycles.